The van der Waals surface area contributed by atoms with Crippen molar-refractivity contribution in [3.05, 3.63) is 21.5 Å². The van der Waals surface area contributed by atoms with Crippen molar-refractivity contribution in [2.24, 2.45) is 5.92 Å². The number of aromatic nitrogens is 2. The minimum absolute atomic E-state index is 0.0586. The van der Waals surface area contributed by atoms with E-state index in [4.69, 9.17) is 4.74 Å². The molecule has 1 aliphatic heterocycles. The number of esters is 1. The molecule has 2 N–H and O–H groups in total. The van der Waals surface area contributed by atoms with Crippen molar-refractivity contribution < 1.29 is 19.1 Å². The molecular formula is C20H26N4O4S3. The number of cyclic esters (lactones) is 1. The smallest absolute Gasteiger partial charge is 0.329 e. The van der Waals surface area contributed by atoms with Gasteiger partial charge >= 0.3 is 5.97 Å². The van der Waals surface area contributed by atoms with Crippen molar-refractivity contribution >= 4 is 53.1 Å². The van der Waals surface area contributed by atoms with Crippen molar-refractivity contribution in [2.45, 2.75) is 58.2 Å². The summed E-state index contributed by atoms with van der Waals surface area (Å²) in [5, 5.41) is 10.4. The van der Waals surface area contributed by atoms with Crippen LogP contribution in [-0.2, 0) is 20.9 Å². The van der Waals surface area contributed by atoms with Crippen LogP contribution in [0.3, 0.4) is 0 Å². The minimum Gasteiger partial charge on any atom is -0.460 e. The first kappa shape index (κ1) is 23.7. The molecule has 3 heterocycles. The Morgan fingerprint density at radius 1 is 1.16 bits per heavy atom. The van der Waals surface area contributed by atoms with E-state index >= 15 is 0 Å². The Morgan fingerprint density at radius 2 is 1.94 bits per heavy atom. The predicted molar refractivity (Wildman–Crippen MR) is 123 cm³/mol. The van der Waals surface area contributed by atoms with Crippen molar-refractivity contribution in [2.75, 3.05) is 5.75 Å². The van der Waals surface area contributed by atoms with E-state index in [1.54, 1.807) is 5.38 Å². The molecule has 3 rings (SSSR count). The van der Waals surface area contributed by atoms with Gasteiger partial charge in [0.1, 0.15) is 33.5 Å². The number of amides is 2. The fourth-order valence-electron chi connectivity index (χ4n) is 3.08. The van der Waals surface area contributed by atoms with Gasteiger partial charge in [-0.1, -0.05) is 13.8 Å². The molecule has 2 aromatic heterocycles. The first-order chi connectivity index (χ1) is 14.9. The second-order valence-corrected chi connectivity index (χ2v) is 9.87. The highest BCUT2D eigenvalue weighted by Crippen LogP contribution is 2.26. The number of fused-ring (bicyclic) bond motifs is 5. The molecule has 2 amide bonds. The summed E-state index contributed by atoms with van der Waals surface area (Å²) in [6, 6.07) is -0.841. The van der Waals surface area contributed by atoms with E-state index in [0.29, 0.717) is 17.1 Å². The number of hydrogen-bond donors (Lipinski definition) is 3. The number of rotatable bonds is 5. The molecule has 0 aromatic carbocycles. The van der Waals surface area contributed by atoms with E-state index in [0.717, 1.165) is 23.6 Å². The van der Waals surface area contributed by atoms with Gasteiger partial charge in [0, 0.05) is 10.8 Å². The van der Waals surface area contributed by atoms with Crippen LogP contribution >= 0.6 is 35.3 Å². The average molecular weight is 483 g/mol. The van der Waals surface area contributed by atoms with Gasteiger partial charge in [-0.25, -0.2) is 14.8 Å². The number of hydrogen-bond acceptors (Lipinski definition) is 9. The molecule has 4 bridgehead atoms. The zero-order valence-electron chi connectivity index (χ0n) is 17.4. The molecule has 31 heavy (non-hydrogen) atoms. The van der Waals surface area contributed by atoms with Gasteiger partial charge in [0.25, 0.3) is 5.91 Å². The summed E-state index contributed by atoms with van der Waals surface area (Å²) in [5.41, 5.74) is 0.897. The van der Waals surface area contributed by atoms with Crippen LogP contribution in [0.5, 0.6) is 0 Å². The fourth-order valence-corrected chi connectivity index (χ4v) is 4.85. The van der Waals surface area contributed by atoms with E-state index in [1.807, 2.05) is 19.2 Å². The normalized spacial score (nSPS) is 20.3. The largest absolute Gasteiger partial charge is 0.460 e. The van der Waals surface area contributed by atoms with Gasteiger partial charge < -0.3 is 15.4 Å². The van der Waals surface area contributed by atoms with E-state index in [9.17, 15) is 14.4 Å². The third-order valence-corrected chi connectivity index (χ3v) is 6.81. The number of carbonyl (C=O) groups excluding carboxylic acids is 3. The van der Waals surface area contributed by atoms with Gasteiger partial charge in [0.05, 0.1) is 13.0 Å². The van der Waals surface area contributed by atoms with Gasteiger partial charge in [0.2, 0.25) is 5.91 Å². The van der Waals surface area contributed by atoms with Crippen LogP contribution in [-0.4, -0.2) is 45.7 Å². The zero-order chi connectivity index (χ0) is 22.4. The second kappa shape index (κ2) is 11.1. The Hall–Kier alpha value is -1.98. The van der Waals surface area contributed by atoms with Crippen LogP contribution in [0.25, 0.3) is 10.7 Å². The van der Waals surface area contributed by atoms with Gasteiger partial charge in [-0.15, -0.1) is 22.7 Å². The van der Waals surface area contributed by atoms with Crippen LogP contribution in [0.2, 0.25) is 0 Å². The van der Waals surface area contributed by atoms with Crippen LogP contribution in [0.1, 0.15) is 55.0 Å². The molecular weight excluding hydrogens is 456 g/mol. The number of carbonyl (C=O) groups is 3. The topological polar surface area (TPSA) is 110 Å². The summed E-state index contributed by atoms with van der Waals surface area (Å²) in [6.07, 6.45) is 1.68. The maximum absolute atomic E-state index is 12.9. The molecule has 11 heteroatoms. The van der Waals surface area contributed by atoms with Crippen molar-refractivity contribution in [1.29, 1.82) is 0 Å². The lowest BCUT2D eigenvalue weighted by atomic mass is 10.0. The maximum atomic E-state index is 12.9. The summed E-state index contributed by atoms with van der Waals surface area (Å²) in [5.74, 6) is -0.669. The molecule has 0 fully saturated rings. The summed E-state index contributed by atoms with van der Waals surface area (Å²) in [4.78, 5) is 47.0. The standard InChI is InChI=1S/C20H26N4O4S3/c1-11(2)17-20(27)28-12(5-3-4-6-29)7-15(25)21-8-16-22-14(10-30-16)19-23-13(9-31-19)18(26)24-17/h9-12,17,29H,3-8H2,1-2H3,(H,21,25)(H,24,26)/t12-,17+/m1/s1. The molecule has 0 saturated carbocycles. The van der Waals surface area contributed by atoms with Crippen LogP contribution in [0.15, 0.2) is 10.8 Å². The molecule has 0 unspecified atom stereocenters. The van der Waals surface area contributed by atoms with E-state index in [1.165, 1.54) is 22.7 Å². The van der Waals surface area contributed by atoms with Gasteiger partial charge in [-0.3, -0.25) is 9.59 Å². The average Bonchev–Trinajstić information content (AvgIpc) is 3.39. The highest BCUT2D eigenvalue weighted by atomic mass is 32.1. The van der Waals surface area contributed by atoms with Crippen LogP contribution < -0.4 is 10.6 Å². The van der Waals surface area contributed by atoms with Crippen molar-refractivity contribution in [3.8, 4) is 10.7 Å². The number of nitrogens with one attached hydrogen (secondary N) is 2. The first-order valence-electron chi connectivity index (χ1n) is 10.2. The fraction of sp³-hybridized carbons (Fsp3) is 0.550. The summed E-state index contributed by atoms with van der Waals surface area (Å²) < 4.78 is 5.69. The third-order valence-electron chi connectivity index (χ3n) is 4.78. The lowest BCUT2D eigenvalue weighted by molar-refractivity contribution is -0.154. The molecule has 8 nitrogen and oxygen atoms in total. The lowest BCUT2D eigenvalue weighted by Crippen LogP contribution is -2.46. The zero-order valence-corrected chi connectivity index (χ0v) is 19.9. The van der Waals surface area contributed by atoms with E-state index in [2.05, 4.69) is 33.2 Å². The second-order valence-electron chi connectivity index (χ2n) is 7.62. The maximum Gasteiger partial charge on any atom is 0.329 e. The van der Waals surface area contributed by atoms with Gasteiger partial charge in [-0.05, 0) is 30.9 Å². The third kappa shape index (κ3) is 6.50. The molecule has 0 saturated heterocycles. The number of unbranched alkanes of at least 4 members (excludes halogenated alkanes) is 1. The SMILES string of the molecule is CC(C)[C@@H]1NC(=O)c2csc(n2)-c2csc(n2)CNC(=O)C[C@@H](CCCCS)OC1=O. The molecule has 2 aromatic rings. The van der Waals surface area contributed by atoms with Crippen molar-refractivity contribution in [1.82, 2.24) is 20.6 Å². The van der Waals surface area contributed by atoms with Gasteiger partial charge in [-0.2, -0.15) is 12.6 Å². The quantitative estimate of drug-likeness (QED) is 0.343. The Morgan fingerprint density at radius 3 is 2.68 bits per heavy atom. The Balaban J connectivity index is 1.87. The Labute approximate surface area is 194 Å². The van der Waals surface area contributed by atoms with Crippen LogP contribution in [0, 0.1) is 5.92 Å². The highest BCUT2D eigenvalue weighted by molar-refractivity contribution is 7.80. The number of nitrogens with zero attached hydrogens (tertiary/aromatic N) is 2. The van der Waals surface area contributed by atoms with Gasteiger partial charge in [0.15, 0.2) is 0 Å². The molecule has 1 aliphatic rings. The monoisotopic (exact) mass is 482 g/mol. The minimum atomic E-state index is -0.841. The van der Waals surface area contributed by atoms with E-state index < -0.39 is 24.0 Å². The highest BCUT2D eigenvalue weighted by Gasteiger charge is 2.30. The first-order valence-corrected chi connectivity index (χ1v) is 12.6. The summed E-state index contributed by atoms with van der Waals surface area (Å²) in [7, 11) is 0. The number of thiol groups is 1. The predicted octanol–water partition coefficient (Wildman–Crippen LogP) is 3.05. The van der Waals surface area contributed by atoms with Crippen molar-refractivity contribution in [3.63, 3.8) is 0 Å². The number of ether oxygens (including phenoxy) is 1. The van der Waals surface area contributed by atoms with E-state index in [-0.39, 0.29) is 30.5 Å². The Kier molecular flexibility index (Phi) is 8.44. The molecule has 2 atom stereocenters. The summed E-state index contributed by atoms with van der Waals surface area (Å²) >= 11 is 6.93. The number of thiazole rings is 2. The van der Waals surface area contributed by atoms with Crippen LogP contribution in [0.4, 0.5) is 0 Å². The molecule has 168 valence electrons. The Bertz CT molecular complexity index is 927. The lowest BCUT2D eigenvalue weighted by Gasteiger charge is -2.24. The molecule has 0 aliphatic carbocycles. The molecule has 0 radical (unpaired) electrons. The molecule has 0 spiro atoms. The summed E-state index contributed by atoms with van der Waals surface area (Å²) in [6.45, 7) is 3.95.